The molecule has 2 unspecified atom stereocenters. The van der Waals surface area contributed by atoms with Crippen LogP contribution in [0.1, 0.15) is 44.5 Å². The summed E-state index contributed by atoms with van der Waals surface area (Å²) in [7, 11) is 0. The fourth-order valence-corrected chi connectivity index (χ4v) is 11.3. The smallest absolute Gasteiger partial charge is 0.164 e. The monoisotopic (exact) mass is 787 g/mol. The van der Waals surface area contributed by atoms with Gasteiger partial charge >= 0.3 is 0 Å². The van der Waals surface area contributed by atoms with Crippen LogP contribution in [0.25, 0.3) is 67.5 Å². The summed E-state index contributed by atoms with van der Waals surface area (Å²) in [4.78, 5) is 15.3. The average Bonchev–Trinajstić information content (AvgIpc) is 3.83. The molecule has 0 bridgehead atoms. The van der Waals surface area contributed by atoms with Crippen molar-refractivity contribution in [1.29, 1.82) is 0 Å². The van der Waals surface area contributed by atoms with Crippen LogP contribution < -0.4 is 0 Å². The van der Waals surface area contributed by atoms with Crippen molar-refractivity contribution in [3.63, 3.8) is 0 Å². The molecule has 3 aliphatic rings. The number of aromatic nitrogens is 3. The summed E-state index contributed by atoms with van der Waals surface area (Å²) in [5.74, 6) is 1.93. The van der Waals surface area contributed by atoms with Gasteiger partial charge in [-0.1, -0.05) is 218 Å². The Bertz CT molecular complexity index is 3360. The van der Waals surface area contributed by atoms with E-state index in [0.29, 0.717) is 17.5 Å². The lowest BCUT2D eigenvalue weighted by atomic mass is 9.52. The van der Waals surface area contributed by atoms with Gasteiger partial charge in [0.05, 0.1) is 10.8 Å². The van der Waals surface area contributed by atoms with E-state index >= 15 is 0 Å². The highest BCUT2D eigenvalue weighted by atomic mass is 15.0. The lowest BCUT2D eigenvalue weighted by molar-refractivity contribution is 0.637. The molecule has 9 aromatic carbocycles. The molecule has 2 atom stereocenters. The minimum absolute atomic E-state index is 0.496. The first-order valence-electron chi connectivity index (χ1n) is 21.4. The molecule has 13 rings (SSSR count). The molecule has 288 valence electrons. The highest BCUT2D eigenvalue weighted by Crippen LogP contribution is 2.69. The van der Waals surface area contributed by atoms with Crippen LogP contribution in [0.15, 0.2) is 224 Å². The van der Waals surface area contributed by atoms with Crippen LogP contribution in [0.2, 0.25) is 0 Å². The van der Waals surface area contributed by atoms with E-state index in [0.717, 1.165) is 22.3 Å². The maximum atomic E-state index is 5.14. The maximum Gasteiger partial charge on any atom is 0.164 e. The second-order valence-corrected chi connectivity index (χ2v) is 16.6. The zero-order valence-corrected chi connectivity index (χ0v) is 33.7. The first kappa shape index (κ1) is 34.8. The van der Waals surface area contributed by atoms with Crippen molar-refractivity contribution >= 4 is 0 Å². The van der Waals surface area contributed by atoms with E-state index in [-0.39, 0.29) is 0 Å². The molecule has 1 aromatic heterocycles. The molecule has 0 fully saturated rings. The number of nitrogens with zero attached hydrogens (tertiary/aromatic N) is 3. The molecule has 1 spiro atoms. The standard InChI is InChI=1S/C59H37N3/c1-4-19-38(20-5-1)55-60-56(39-21-6-2-7-22-39)62-57(61-55)41-24-16-23-40(37-41)43-29-17-30-46-44-27-11-13-33-49(44)59(53(43)46)51-35-15-14-34-50(51)58(42-25-8-3-9-26-42)48-32-12-10-28-45(48)47-31-18-36-52(59)54(47)58/h1-37H. The van der Waals surface area contributed by atoms with Crippen molar-refractivity contribution in [1.82, 2.24) is 15.0 Å². The molecule has 62 heavy (non-hydrogen) atoms. The Kier molecular flexibility index (Phi) is 7.44. The minimum Gasteiger partial charge on any atom is -0.208 e. The Hall–Kier alpha value is -8.01. The van der Waals surface area contributed by atoms with Gasteiger partial charge in [0.15, 0.2) is 17.5 Å². The first-order valence-corrected chi connectivity index (χ1v) is 21.4. The molecule has 0 radical (unpaired) electrons. The number of rotatable bonds is 5. The van der Waals surface area contributed by atoms with Gasteiger partial charge in [-0.05, 0) is 84.0 Å². The minimum atomic E-state index is -0.616. The third kappa shape index (κ3) is 4.62. The van der Waals surface area contributed by atoms with Gasteiger partial charge in [0.1, 0.15) is 0 Å². The predicted molar refractivity (Wildman–Crippen MR) is 250 cm³/mol. The molecule has 10 aromatic rings. The lowest BCUT2D eigenvalue weighted by Crippen LogP contribution is -2.43. The van der Waals surface area contributed by atoms with Gasteiger partial charge in [0.25, 0.3) is 0 Å². The van der Waals surface area contributed by atoms with Crippen molar-refractivity contribution in [2.45, 2.75) is 10.8 Å². The SMILES string of the molecule is c1ccc(-c2nc(-c3ccccc3)nc(-c3cccc(-c4cccc5c4C4(c6ccccc6-5)c5ccccc5C5(c6ccccc6)c6ccccc6-c6cccc4c65)c3)n2)cc1. The molecule has 0 saturated carbocycles. The van der Waals surface area contributed by atoms with Crippen LogP contribution in [0.5, 0.6) is 0 Å². The van der Waals surface area contributed by atoms with Crippen LogP contribution in [-0.2, 0) is 10.8 Å². The maximum absolute atomic E-state index is 5.14. The van der Waals surface area contributed by atoms with Gasteiger partial charge in [0.2, 0.25) is 0 Å². The average molecular weight is 788 g/mol. The molecular weight excluding hydrogens is 751 g/mol. The van der Waals surface area contributed by atoms with Crippen molar-refractivity contribution in [2.75, 3.05) is 0 Å². The molecular formula is C59H37N3. The van der Waals surface area contributed by atoms with E-state index in [1.807, 2.05) is 36.4 Å². The van der Waals surface area contributed by atoms with Gasteiger partial charge < -0.3 is 0 Å². The highest BCUT2D eigenvalue weighted by Gasteiger charge is 2.60. The van der Waals surface area contributed by atoms with Gasteiger partial charge in [-0.25, -0.2) is 15.0 Å². The van der Waals surface area contributed by atoms with Gasteiger partial charge in [0, 0.05) is 16.7 Å². The Balaban J connectivity index is 1.10. The first-order chi connectivity index (χ1) is 30.8. The van der Waals surface area contributed by atoms with Crippen LogP contribution in [0, 0.1) is 0 Å². The molecule has 3 nitrogen and oxygen atoms in total. The predicted octanol–water partition coefficient (Wildman–Crippen LogP) is 13.6. The second-order valence-electron chi connectivity index (χ2n) is 16.6. The van der Waals surface area contributed by atoms with Crippen molar-refractivity contribution < 1.29 is 0 Å². The lowest BCUT2D eigenvalue weighted by Gasteiger charge is -2.48. The normalized spacial score (nSPS) is 17.2. The zero-order chi connectivity index (χ0) is 40.8. The largest absolute Gasteiger partial charge is 0.208 e. The van der Waals surface area contributed by atoms with Crippen LogP contribution >= 0.6 is 0 Å². The van der Waals surface area contributed by atoms with E-state index in [1.165, 1.54) is 72.3 Å². The van der Waals surface area contributed by atoms with E-state index < -0.39 is 10.8 Å². The Morgan fingerprint density at radius 2 is 0.629 bits per heavy atom. The Labute approximate surface area is 360 Å². The van der Waals surface area contributed by atoms with Crippen LogP contribution in [0.4, 0.5) is 0 Å². The van der Waals surface area contributed by atoms with Gasteiger partial charge in [-0.15, -0.1) is 0 Å². The molecule has 0 N–H and O–H groups in total. The van der Waals surface area contributed by atoms with Crippen LogP contribution in [0.3, 0.4) is 0 Å². The molecule has 3 aliphatic carbocycles. The third-order valence-corrected chi connectivity index (χ3v) is 13.6. The summed E-state index contributed by atoms with van der Waals surface area (Å²) in [6, 6.07) is 81.9. The topological polar surface area (TPSA) is 38.7 Å². The summed E-state index contributed by atoms with van der Waals surface area (Å²) >= 11 is 0. The van der Waals surface area contributed by atoms with E-state index in [4.69, 9.17) is 15.0 Å². The quantitative estimate of drug-likeness (QED) is 0.174. The highest BCUT2D eigenvalue weighted by molar-refractivity contribution is 5.98. The summed E-state index contributed by atoms with van der Waals surface area (Å²) in [6.07, 6.45) is 0. The van der Waals surface area contributed by atoms with Crippen molar-refractivity contribution in [2.24, 2.45) is 0 Å². The molecule has 0 amide bonds. The van der Waals surface area contributed by atoms with E-state index in [1.54, 1.807) is 0 Å². The molecule has 0 saturated heterocycles. The summed E-state index contributed by atoms with van der Waals surface area (Å²) in [6.45, 7) is 0. The molecule has 0 aliphatic heterocycles. The fourth-order valence-electron chi connectivity index (χ4n) is 11.3. The molecule has 1 heterocycles. The Morgan fingerprint density at radius 1 is 0.242 bits per heavy atom. The van der Waals surface area contributed by atoms with Crippen molar-refractivity contribution in [3.05, 3.63) is 269 Å². The summed E-state index contributed by atoms with van der Waals surface area (Å²) in [5, 5.41) is 0. The number of benzene rings is 9. The summed E-state index contributed by atoms with van der Waals surface area (Å²) < 4.78 is 0. The second kappa shape index (κ2) is 13.2. The van der Waals surface area contributed by atoms with Crippen LogP contribution in [-0.4, -0.2) is 15.0 Å². The van der Waals surface area contributed by atoms with Crippen molar-refractivity contribution in [3.8, 4) is 67.5 Å². The zero-order valence-electron chi connectivity index (χ0n) is 33.7. The number of fused-ring (bicyclic) bond motifs is 12. The fraction of sp³-hybridized carbons (Fsp3) is 0.0339. The number of hydrogen-bond donors (Lipinski definition) is 0. The van der Waals surface area contributed by atoms with Gasteiger partial charge in [-0.2, -0.15) is 0 Å². The third-order valence-electron chi connectivity index (χ3n) is 13.6. The van der Waals surface area contributed by atoms with Gasteiger partial charge in [-0.3, -0.25) is 0 Å². The Morgan fingerprint density at radius 3 is 1.26 bits per heavy atom. The number of hydrogen-bond acceptors (Lipinski definition) is 3. The van der Waals surface area contributed by atoms with E-state index in [2.05, 4.69) is 188 Å². The summed E-state index contributed by atoms with van der Waals surface area (Å²) in [5.41, 5.74) is 19.8. The molecule has 3 heteroatoms. The van der Waals surface area contributed by atoms with E-state index in [9.17, 15) is 0 Å².